The van der Waals surface area contributed by atoms with Crippen LogP contribution in [0.4, 0.5) is 0 Å². The van der Waals surface area contributed by atoms with Gasteiger partial charge in [-0.3, -0.25) is 0 Å². The van der Waals surface area contributed by atoms with E-state index in [0.717, 1.165) is 76.5 Å². The molecule has 0 bridgehead atoms. The Morgan fingerprint density at radius 2 is 0.931 bits per heavy atom. The second kappa shape index (κ2) is 14.9. The average Bonchev–Trinajstić information content (AvgIpc) is 2.76. The Kier molecular flexibility index (Phi) is 12.0. The maximum absolute atomic E-state index is 5.80. The Morgan fingerprint density at radius 1 is 0.517 bits per heavy atom. The summed E-state index contributed by atoms with van der Waals surface area (Å²) in [6.07, 6.45) is 8.88. The molecule has 3 nitrogen and oxygen atoms in total. The summed E-state index contributed by atoms with van der Waals surface area (Å²) in [5.74, 6) is 1.94. The predicted octanol–water partition coefficient (Wildman–Crippen LogP) is 6.63. The van der Waals surface area contributed by atoms with E-state index in [4.69, 9.17) is 14.2 Å². The minimum Gasteiger partial charge on any atom is -0.494 e. The molecule has 0 heterocycles. The van der Waals surface area contributed by atoms with Gasteiger partial charge in [0.2, 0.25) is 0 Å². The zero-order chi connectivity index (χ0) is 20.6. The Labute approximate surface area is 177 Å². The van der Waals surface area contributed by atoms with Crippen LogP contribution in [0.25, 0.3) is 0 Å². The minimum absolute atomic E-state index is 0.789. The molecule has 0 spiro atoms. The molecule has 0 N–H and O–H groups in total. The first kappa shape index (κ1) is 23.3. The van der Waals surface area contributed by atoms with Crippen LogP contribution in [0.3, 0.4) is 0 Å². The van der Waals surface area contributed by atoms with Crippen molar-refractivity contribution in [2.45, 2.75) is 65.2 Å². The lowest BCUT2D eigenvalue weighted by molar-refractivity contribution is 0.127. The Bertz CT molecular complexity index is 577. The third-order valence-electron chi connectivity index (χ3n) is 4.80. The van der Waals surface area contributed by atoms with E-state index in [2.05, 4.69) is 62.4 Å². The average molecular weight is 399 g/mol. The maximum Gasteiger partial charge on any atom is 0.119 e. The Balaban J connectivity index is 1.45. The highest BCUT2D eigenvalue weighted by Gasteiger charge is 1.98. The molecular formula is C26H38O3. The molecule has 2 aromatic rings. The van der Waals surface area contributed by atoms with Crippen LogP contribution in [0.15, 0.2) is 48.5 Å². The van der Waals surface area contributed by atoms with Crippen molar-refractivity contribution < 1.29 is 14.2 Å². The van der Waals surface area contributed by atoms with Crippen LogP contribution in [-0.2, 0) is 17.6 Å². The number of hydrogen-bond acceptors (Lipinski definition) is 3. The summed E-state index contributed by atoms with van der Waals surface area (Å²) in [5.41, 5.74) is 2.75. The molecule has 2 rings (SSSR count). The first-order chi connectivity index (χ1) is 14.3. The third kappa shape index (κ3) is 10.4. The van der Waals surface area contributed by atoms with Gasteiger partial charge in [-0.25, -0.2) is 0 Å². The van der Waals surface area contributed by atoms with E-state index in [1.165, 1.54) is 24.0 Å². The second-order valence-electron chi connectivity index (χ2n) is 7.51. The summed E-state index contributed by atoms with van der Waals surface area (Å²) < 4.78 is 17.0. The molecule has 160 valence electrons. The summed E-state index contributed by atoms with van der Waals surface area (Å²) in [4.78, 5) is 0. The van der Waals surface area contributed by atoms with Gasteiger partial charge in [-0.15, -0.1) is 0 Å². The number of aryl methyl sites for hydroxylation is 2. The molecule has 3 heteroatoms. The zero-order valence-corrected chi connectivity index (χ0v) is 18.3. The van der Waals surface area contributed by atoms with Gasteiger partial charge in [-0.1, -0.05) is 38.1 Å². The second-order valence-corrected chi connectivity index (χ2v) is 7.51. The summed E-state index contributed by atoms with van der Waals surface area (Å²) >= 11 is 0. The largest absolute Gasteiger partial charge is 0.494 e. The quantitative estimate of drug-likeness (QED) is 0.297. The lowest BCUT2D eigenvalue weighted by Gasteiger charge is -2.07. The van der Waals surface area contributed by atoms with Crippen LogP contribution in [0.1, 0.15) is 63.5 Å². The van der Waals surface area contributed by atoms with Crippen molar-refractivity contribution >= 4 is 0 Å². The van der Waals surface area contributed by atoms with Crippen molar-refractivity contribution in [1.29, 1.82) is 0 Å². The lowest BCUT2D eigenvalue weighted by Crippen LogP contribution is -1.99. The van der Waals surface area contributed by atoms with Gasteiger partial charge in [0.25, 0.3) is 0 Å². The van der Waals surface area contributed by atoms with Crippen LogP contribution in [0.2, 0.25) is 0 Å². The van der Waals surface area contributed by atoms with Crippen molar-refractivity contribution in [3.05, 3.63) is 59.7 Å². The fraction of sp³-hybridized carbons (Fsp3) is 0.538. The monoisotopic (exact) mass is 398 g/mol. The standard InChI is InChI=1S/C26H38O3/c1-3-19-28-25-15-11-23(12-16-25)9-5-7-21-27-22-8-6-10-24-13-17-26(18-14-24)29-20-4-2/h11-18H,3-10,19-22H2,1-2H3. The van der Waals surface area contributed by atoms with E-state index < -0.39 is 0 Å². The molecule has 0 atom stereocenters. The van der Waals surface area contributed by atoms with E-state index in [0.29, 0.717) is 0 Å². The van der Waals surface area contributed by atoms with E-state index in [1.807, 2.05) is 0 Å². The molecule has 0 radical (unpaired) electrons. The third-order valence-corrected chi connectivity index (χ3v) is 4.80. The van der Waals surface area contributed by atoms with Gasteiger partial charge in [-0.05, 0) is 86.8 Å². The van der Waals surface area contributed by atoms with Crippen molar-refractivity contribution in [3.63, 3.8) is 0 Å². The van der Waals surface area contributed by atoms with Crippen molar-refractivity contribution in [2.24, 2.45) is 0 Å². The van der Waals surface area contributed by atoms with E-state index in [1.54, 1.807) is 0 Å². The molecule has 0 saturated heterocycles. The van der Waals surface area contributed by atoms with Crippen molar-refractivity contribution in [1.82, 2.24) is 0 Å². The predicted molar refractivity (Wildman–Crippen MR) is 121 cm³/mol. The zero-order valence-electron chi connectivity index (χ0n) is 18.3. The Morgan fingerprint density at radius 3 is 1.31 bits per heavy atom. The molecular weight excluding hydrogens is 360 g/mol. The number of hydrogen-bond donors (Lipinski definition) is 0. The van der Waals surface area contributed by atoms with E-state index in [-0.39, 0.29) is 0 Å². The molecule has 0 aliphatic rings. The number of ether oxygens (including phenoxy) is 3. The topological polar surface area (TPSA) is 27.7 Å². The van der Waals surface area contributed by atoms with Gasteiger partial charge in [0.1, 0.15) is 11.5 Å². The Hall–Kier alpha value is -2.00. The fourth-order valence-electron chi connectivity index (χ4n) is 3.11. The van der Waals surface area contributed by atoms with Crippen LogP contribution in [0.5, 0.6) is 11.5 Å². The lowest BCUT2D eigenvalue weighted by atomic mass is 10.1. The molecule has 2 aromatic carbocycles. The molecule has 0 unspecified atom stereocenters. The number of rotatable bonds is 16. The number of benzene rings is 2. The van der Waals surface area contributed by atoms with Crippen molar-refractivity contribution in [3.8, 4) is 11.5 Å². The molecule has 0 aromatic heterocycles. The highest BCUT2D eigenvalue weighted by molar-refractivity contribution is 5.28. The van der Waals surface area contributed by atoms with Gasteiger partial charge < -0.3 is 14.2 Å². The molecule has 0 aliphatic heterocycles. The molecule has 0 aliphatic carbocycles. The van der Waals surface area contributed by atoms with Gasteiger partial charge in [0.05, 0.1) is 13.2 Å². The van der Waals surface area contributed by atoms with Gasteiger partial charge >= 0.3 is 0 Å². The minimum atomic E-state index is 0.789. The number of unbranched alkanes of at least 4 members (excludes halogenated alkanes) is 2. The SMILES string of the molecule is CCCOc1ccc(CCCCOCCCCc2ccc(OCCC)cc2)cc1. The highest BCUT2D eigenvalue weighted by atomic mass is 16.5. The van der Waals surface area contributed by atoms with Gasteiger partial charge in [0.15, 0.2) is 0 Å². The van der Waals surface area contributed by atoms with E-state index in [9.17, 15) is 0 Å². The summed E-state index contributed by atoms with van der Waals surface area (Å²) in [6.45, 7) is 7.55. The highest BCUT2D eigenvalue weighted by Crippen LogP contribution is 2.15. The van der Waals surface area contributed by atoms with Crippen LogP contribution >= 0.6 is 0 Å². The summed E-state index contributed by atoms with van der Waals surface area (Å²) in [5, 5.41) is 0. The molecule has 0 saturated carbocycles. The molecule has 29 heavy (non-hydrogen) atoms. The summed E-state index contributed by atoms with van der Waals surface area (Å²) in [6, 6.07) is 17.0. The van der Waals surface area contributed by atoms with Crippen LogP contribution in [0, 0.1) is 0 Å². The molecule has 0 fully saturated rings. The van der Waals surface area contributed by atoms with Crippen molar-refractivity contribution in [2.75, 3.05) is 26.4 Å². The van der Waals surface area contributed by atoms with Crippen LogP contribution < -0.4 is 9.47 Å². The fourth-order valence-corrected chi connectivity index (χ4v) is 3.11. The molecule has 0 amide bonds. The van der Waals surface area contributed by atoms with Gasteiger partial charge in [0, 0.05) is 13.2 Å². The maximum atomic E-state index is 5.80. The summed E-state index contributed by atoms with van der Waals surface area (Å²) in [7, 11) is 0. The first-order valence-corrected chi connectivity index (χ1v) is 11.3. The first-order valence-electron chi connectivity index (χ1n) is 11.3. The normalized spacial score (nSPS) is 10.8. The van der Waals surface area contributed by atoms with E-state index >= 15 is 0 Å². The smallest absolute Gasteiger partial charge is 0.119 e. The van der Waals surface area contributed by atoms with Crippen LogP contribution in [-0.4, -0.2) is 26.4 Å². The van der Waals surface area contributed by atoms with Gasteiger partial charge in [-0.2, -0.15) is 0 Å².